The lowest BCUT2D eigenvalue weighted by atomic mass is 10.1. The highest BCUT2D eigenvalue weighted by Gasteiger charge is 2.36. The van der Waals surface area contributed by atoms with Gasteiger partial charge in [0.25, 0.3) is 0 Å². The summed E-state index contributed by atoms with van der Waals surface area (Å²) in [5.41, 5.74) is 0.907. The molecular formula is C17H17ClFNO3S. The van der Waals surface area contributed by atoms with E-state index in [2.05, 4.69) is 0 Å². The summed E-state index contributed by atoms with van der Waals surface area (Å²) in [5, 5.41) is -0.198. The average molecular weight is 370 g/mol. The van der Waals surface area contributed by atoms with Crippen molar-refractivity contribution in [1.82, 2.24) is 4.31 Å². The van der Waals surface area contributed by atoms with Crippen molar-refractivity contribution in [3.05, 3.63) is 58.9 Å². The fourth-order valence-electron chi connectivity index (χ4n) is 2.96. The maximum absolute atomic E-state index is 13.3. The van der Waals surface area contributed by atoms with Crippen molar-refractivity contribution in [3.8, 4) is 5.75 Å². The Morgan fingerprint density at radius 2 is 1.92 bits per heavy atom. The van der Waals surface area contributed by atoms with E-state index in [0.717, 1.165) is 36.3 Å². The predicted molar refractivity (Wildman–Crippen MR) is 90.3 cm³/mol. The summed E-state index contributed by atoms with van der Waals surface area (Å²) in [4.78, 5) is 0.00862. The van der Waals surface area contributed by atoms with Crippen molar-refractivity contribution in [2.75, 3.05) is 13.7 Å². The van der Waals surface area contributed by atoms with E-state index in [9.17, 15) is 12.8 Å². The lowest BCUT2D eigenvalue weighted by Gasteiger charge is -2.24. The summed E-state index contributed by atoms with van der Waals surface area (Å²) >= 11 is 5.74. The summed E-state index contributed by atoms with van der Waals surface area (Å²) in [5.74, 6) is 0.0835. The third kappa shape index (κ3) is 3.14. The van der Waals surface area contributed by atoms with E-state index in [1.807, 2.05) is 24.3 Å². The van der Waals surface area contributed by atoms with Crippen LogP contribution in [0.15, 0.2) is 47.4 Å². The largest absolute Gasteiger partial charge is 0.497 e. The van der Waals surface area contributed by atoms with Crippen LogP contribution in [0, 0.1) is 5.82 Å². The predicted octanol–water partition coefficient (Wildman–Crippen LogP) is 4.01. The lowest BCUT2D eigenvalue weighted by Crippen LogP contribution is -2.30. The topological polar surface area (TPSA) is 46.6 Å². The molecule has 0 N–H and O–H groups in total. The first-order valence-electron chi connectivity index (χ1n) is 7.54. The van der Waals surface area contributed by atoms with Gasteiger partial charge in [0.05, 0.1) is 23.1 Å². The molecule has 1 aliphatic rings. The number of ether oxygens (including phenoxy) is 1. The van der Waals surface area contributed by atoms with Gasteiger partial charge in [-0.15, -0.1) is 0 Å². The highest BCUT2D eigenvalue weighted by Crippen LogP contribution is 2.37. The van der Waals surface area contributed by atoms with Gasteiger partial charge in [0.1, 0.15) is 11.6 Å². The van der Waals surface area contributed by atoms with Crippen LogP contribution in [0.25, 0.3) is 0 Å². The molecule has 1 fully saturated rings. The van der Waals surface area contributed by atoms with Crippen molar-refractivity contribution >= 4 is 21.6 Å². The molecular weight excluding hydrogens is 353 g/mol. The number of rotatable bonds is 4. The molecule has 1 heterocycles. The molecule has 128 valence electrons. The molecule has 1 saturated heterocycles. The van der Waals surface area contributed by atoms with Crippen LogP contribution < -0.4 is 4.74 Å². The van der Waals surface area contributed by atoms with E-state index < -0.39 is 15.8 Å². The van der Waals surface area contributed by atoms with E-state index in [1.54, 1.807) is 7.11 Å². The van der Waals surface area contributed by atoms with Crippen LogP contribution in [-0.4, -0.2) is 26.4 Å². The lowest BCUT2D eigenvalue weighted by molar-refractivity contribution is 0.394. The van der Waals surface area contributed by atoms with Crippen molar-refractivity contribution in [3.63, 3.8) is 0 Å². The van der Waals surface area contributed by atoms with Crippen molar-refractivity contribution in [1.29, 1.82) is 0 Å². The quantitative estimate of drug-likeness (QED) is 0.817. The zero-order chi connectivity index (χ0) is 17.3. The molecule has 0 radical (unpaired) electrons. The molecule has 0 aromatic heterocycles. The third-order valence-electron chi connectivity index (χ3n) is 4.20. The molecule has 24 heavy (non-hydrogen) atoms. The molecule has 0 amide bonds. The smallest absolute Gasteiger partial charge is 0.243 e. The van der Waals surface area contributed by atoms with Crippen LogP contribution in [0.5, 0.6) is 5.75 Å². The van der Waals surface area contributed by atoms with E-state index in [-0.39, 0.29) is 16.0 Å². The second-order valence-corrected chi connectivity index (χ2v) is 7.92. The third-order valence-corrected chi connectivity index (χ3v) is 6.40. The van der Waals surface area contributed by atoms with Crippen molar-refractivity contribution < 1.29 is 17.5 Å². The number of halogens is 2. The number of sulfonamides is 1. The van der Waals surface area contributed by atoms with Gasteiger partial charge in [-0.05, 0) is 48.7 Å². The fraction of sp³-hybridized carbons (Fsp3) is 0.294. The molecule has 1 atom stereocenters. The minimum Gasteiger partial charge on any atom is -0.497 e. The highest BCUT2D eigenvalue weighted by atomic mass is 35.5. The van der Waals surface area contributed by atoms with Crippen LogP contribution >= 0.6 is 11.6 Å². The number of nitrogens with zero attached hydrogens (tertiary/aromatic N) is 1. The Morgan fingerprint density at radius 3 is 2.54 bits per heavy atom. The average Bonchev–Trinajstić information content (AvgIpc) is 3.08. The minimum atomic E-state index is -3.74. The first kappa shape index (κ1) is 17.2. The van der Waals surface area contributed by atoms with E-state index in [0.29, 0.717) is 6.54 Å². The molecule has 0 unspecified atom stereocenters. The molecule has 0 spiro atoms. The number of hydrogen-bond donors (Lipinski definition) is 0. The van der Waals surface area contributed by atoms with Gasteiger partial charge in [-0.25, -0.2) is 12.8 Å². The maximum Gasteiger partial charge on any atom is 0.243 e. The van der Waals surface area contributed by atoms with Crippen LogP contribution in [0.4, 0.5) is 4.39 Å². The molecule has 0 aliphatic carbocycles. The Labute approximate surface area is 145 Å². The second kappa shape index (κ2) is 6.70. The number of hydrogen-bond acceptors (Lipinski definition) is 3. The van der Waals surface area contributed by atoms with Crippen molar-refractivity contribution in [2.45, 2.75) is 23.8 Å². The Bertz CT molecular complexity index is 839. The molecule has 2 aromatic carbocycles. The molecule has 1 aliphatic heterocycles. The normalized spacial score (nSPS) is 18.7. The number of methoxy groups -OCH3 is 1. The minimum absolute atomic E-state index is 0.00862. The Balaban J connectivity index is 1.94. The van der Waals surface area contributed by atoms with E-state index in [1.165, 1.54) is 10.4 Å². The van der Waals surface area contributed by atoms with E-state index in [4.69, 9.17) is 16.3 Å². The summed E-state index contributed by atoms with van der Waals surface area (Å²) in [6, 6.07) is 10.6. The molecule has 7 heteroatoms. The van der Waals surface area contributed by atoms with Crippen LogP contribution in [0.2, 0.25) is 5.02 Å². The van der Waals surface area contributed by atoms with Crippen LogP contribution in [0.1, 0.15) is 24.4 Å². The van der Waals surface area contributed by atoms with Gasteiger partial charge >= 0.3 is 0 Å². The summed E-state index contributed by atoms with van der Waals surface area (Å²) in [6.07, 6.45) is 1.51. The highest BCUT2D eigenvalue weighted by molar-refractivity contribution is 7.89. The molecule has 2 aromatic rings. The second-order valence-electron chi connectivity index (χ2n) is 5.62. The summed E-state index contributed by atoms with van der Waals surface area (Å²) in [7, 11) is -2.16. The van der Waals surface area contributed by atoms with Gasteiger partial charge in [-0.3, -0.25) is 0 Å². The van der Waals surface area contributed by atoms with Gasteiger partial charge in [0.2, 0.25) is 10.0 Å². The van der Waals surface area contributed by atoms with E-state index >= 15 is 0 Å². The molecule has 3 rings (SSSR count). The fourth-order valence-corrected chi connectivity index (χ4v) is 4.91. The summed E-state index contributed by atoms with van der Waals surface area (Å²) < 4.78 is 45.8. The number of benzene rings is 2. The van der Waals surface area contributed by atoms with Gasteiger partial charge < -0.3 is 4.74 Å². The monoisotopic (exact) mass is 369 g/mol. The van der Waals surface area contributed by atoms with Gasteiger partial charge in [0, 0.05) is 6.54 Å². The Morgan fingerprint density at radius 1 is 1.21 bits per heavy atom. The summed E-state index contributed by atoms with van der Waals surface area (Å²) in [6.45, 7) is 0.425. The SMILES string of the molecule is COc1ccc([C@H]2CCCN2S(=O)(=O)c2ccc(F)c(Cl)c2)cc1. The van der Waals surface area contributed by atoms with Gasteiger partial charge in [0.15, 0.2) is 0 Å². The first-order chi connectivity index (χ1) is 11.4. The van der Waals surface area contributed by atoms with Crippen LogP contribution in [0.3, 0.4) is 0 Å². The van der Waals surface area contributed by atoms with Crippen molar-refractivity contribution in [2.24, 2.45) is 0 Å². The zero-order valence-corrected chi connectivity index (χ0v) is 14.6. The Hall–Kier alpha value is -1.63. The van der Waals surface area contributed by atoms with Gasteiger partial charge in [-0.2, -0.15) is 4.31 Å². The molecule has 4 nitrogen and oxygen atoms in total. The Kier molecular flexibility index (Phi) is 4.80. The van der Waals surface area contributed by atoms with Gasteiger partial charge in [-0.1, -0.05) is 23.7 Å². The molecule has 0 saturated carbocycles. The standard InChI is InChI=1S/C17H17ClFNO3S/c1-23-13-6-4-12(5-7-13)17-3-2-10-20(17)24(21,22)14-8-9-16(19)15(18)11-14/h4-9,11,17H,2-3,10H2,1H3/t17-/m1/s1. The van der Waals surface area contributed by atoms with Crippen LogP contribution in [-0.2, 0) is 10.0 Å². The maximum atomic E-state index is 13.3. The zero-order valence-electron chi connectivity index (χ0n) is 13.1. The molecule has 0 bridgehead atoms. The first-order valence-corrected chi connectivity index (χ1v) is 9.36.